The van der Waals surface area contributed by atoms with Crippen molar-refractivity contribution >= 4 is 17.9 Å². The molecule has 0 fully saturated rings. The Hall–Kier alpha value is -3.77. The minimum Gasteiger partial charge on any atom is -0.493 e. The molecule has 0 aliphatic carbocycles. The van der Waals surface area contributed by atoms with Crippen LogP contribution in [-0.4, -0.2) is 74.6 Å². The maximum atomic E-state index is 12.6. The average Bonchev–Trinajstić information content (AvgIpc) is 2.98. The van der Waals surface area contributed by atoms with E-state index in [2.05, 4.69) is 0 Å². The maximum absolute atomic E-state index is 12.6. The lowest BCUT2D eigenvalue weighted by Crippen LogP contribution is -2.15. The van der Waals surface area contributed by atoms with Crippen LogP contribution in [0.1, 0.15) is 25.0 Å². The van der Waals surface area contributed by atoms with Gasteiger partial charge in [0.15, 0.2) is 54.9 Å². The number of hydrogen-bond donors (Lipinski definition) is 0. The van der Waals surface area contributed by atoms with Crippen LogP contribution in [0.4, 0.5) is 0 Å². The second-order valence-corrected chi connectivity index (χ2v) is 8.04. The Morgan fingerprint density at radius 3 is 1.23 bits per heavy atom. The lowest BCUT2D eigenvalue weighted by molar-refractivity contribution is -0.150. The summed E-state index contributed by atoms with van der Waals surface area (Å²) >= 11 is 0. The van der Waals surface area contributed by atoms with E-state index in [4.69, 9.17) is 47.4 Å². The molecule has 40 heavy (non-hydrogen) atoms. The van der Waals surface area contributed by atoms with Crippen molar-refractivity contribution in [2.45, 2.75) is 26.4 Å². The number of hydrogen-bond acceptors (Lipinski definition) is 11. The number of benzene rings is 2. The first-order chi connectivity index (χ1) is 19.3. The summed E-state index contributed by atoms with van der Waals surface area (Å²) in [6.45, 7) is 3.36. The quantitative estimate of drug-likeness (QED) is 0.186. The van der Waals surface area contributed by atoms with Crippen LogP contribution in [0, 0.1) is 0 Å². The molecule has 0 N–H and O–H groups in total. The lowest BCUT2D eigenvalue weighted by Gasteiger charge is -2.17. The van der Waals surface area contributed by atoms with Gasteiger partial charge in [-0.25, -0.2) is 0 Å². The van der Waals surface area contributed by atoms with Gasteiger partial charge in [-0.15, -0.1) is 0 Å². The van der Waals surface area contributed by atoms with Crippen molar-refractivity contribution in [2.75, 3.05) is 56.2 Å². The first-order valence-corrected chi connectivity index (χ1v) is 12.3. The first-order valence-electron chi connectivity index (χ1n) is 12.3. The predicted octanol–water partition coefficient (Wildman–Crippen LogP) is 4.71. The third-order valence-corrected chi connectivity index (χ3v) is 5.52. The Morgan fingerprint density at radius 2 is 0.950 bits per heavy atom. The number of ketones is 1. The molecule has 0 aliphatic heterocycles. The second-order valence-electron chi connectivity index (χ2n) is 8.04. The molecule has 11 heteroatoms. The Morgan fingerprint density at radius 1 is 0.625 bits per heavy atom. The van der Waals surface area contributed by atoms with Gasteiger partial charge in [0.25, 0.3) is 0 Å². The van der Waals surface area contributed by atoms with Crippen LogP contribution in [-0.2, 0) is 23.7 Å². The zero-order valence-electron chi connectivity index (χ0n) is 24.2. The zero-order chi connectivity index (χ0) is 29.5. The van der Waals surface area contributed by atoms with Crippen LogP contribution in [0.5, 0.6) is 34.5 Å². The minimum atomic E-state index is -0.434. The molecule has 2 rings (SSSR count). The summed E-state index contributed by atoms with van der Waals surface area (Å²) in [7, 11) is 9.10. The van der Waals surface area contributed by atoms with Gasteiger partial charge in [-0.2, -0.15) is 0 Å². The molecule has 11 nitrogen and oxygen atoms in total. The monoisotopic (exact) mass is 562 g/mol. The van der Waals surface area contributed by atoms with Gasteiger partial charge < -0.3 is 47.4 Å². The standard InChI is InChI=1S/C29H38O11/c1-19(31-3)37-17-39-28-24(33-5)13-21(14-25(28)34-6)9-11-23(30)12-10-22-15-26(35-7)29(27(16-22)36-8)40-18-38-20(2)32-4/h9-16,19-20H,17-18H2,1-8H3. The van der Waals surface area contributed by atoms with Crippen molar-refractivity contribution in [3.8, 4) is 34.5 Å². The van der Waals surface area contributed by atoms with E-state index in [0.29, 0.717) is 45.6 Å². The molecule has 0 saturated heterocycles. The molecule has 2 atom stereocenters. The molecule has 0 aromatic heterocycles. The van der Waals surface area contributed by atoms with Crippen LogP contribution in [0.25, 0.3) is 12.2 Å². The van der Waals surface area contributed by atoms with Gasteiger partial charge in [-0.1, -0.05) is 12.2 Å². The number of methoxy groups -OCH3 is 6. The third-order valence-electron chi connectivity index (χ3n) is 5.52. The fourth-order valence-electron chi connectivity index (χ4n) is 3.20. The SMILES string of the molecule is COc1cc(C=CC(=O)C=Cc2cc(OC)c(OCOC(C)OC)c(OC)c2)cc(OC)c1OCOC(C)OC. The van der Waals surface area contributed by atoms with Crippen molar-refractivity contribution in [2.24, 2.45) is 0 Å². The van der Waals surface area contributed by atoms with Crippen LogP contribution in [0.3, 0.4) is 0 Å². The summed E-state index contributed by atoms with van der Waals surface area (Å²) in [4.78, 5) is 12.6. The van der Waals surface area contributed by atoms with E-state index in [9.17, 15) is 4.79 Å². The highest BCUT2D eigenvalue weighted by atomic mass is 16.8. The molecule has 0 saturated carbocycles. The van der Waals surface area contributed by atoms with E-state index in [1.54, 1.807) is 50.3 Å². The minimum absolute atomic E-state index is 0.0658. The molecule has 0 radical (unpaired) electrons. The predicted molar refractivity (Wildman–Crippen MR) is 148 cm³/mol. The Balaban J connectivity index is 2.16. The Labute approximate surface area is 235 Å². The molecule has 0 heterocycles. The molecule has 0 amide bonds. The normalized spacial score (nSPS) is 12.8. The smallest absolute Gasteiger partial charge is 0.206 e. The molecule has 2 unspecified atom stereocenters. The zero-order valence-corrected chi connectivity index (χ0v) is 24.2. The van der Waals surface area contributed by atoms with E-state index < -0.39 is 12.6 Å². The van der Waals surface area contributed by atoms with Crippen LogP contribution >= 0.6 is 0 Å². The van der Waals surface area contributed by atoms with Gasteiger partial charge in [0.2, 0.25) is 11.5 Å². The summed E-state index contributed by atoms with van der Waals surface area (Å²) < 4.78 is 54.0. The topological polar surface area (TPSA) is 109 Å². The fraction of sp³-hybridized carbons (Fsp3) is 0.414. The van der Waals surface area contributed by atoms with Gasteiger partial charge in [-0.3, -0.25) is 4.79 Å². The van der Waals surface area contributed by atoms with Gasteiger partial charge >= 0.3 is 0 Å². The van der Waals surface area contributed by atoms with Crippen molar-refractivity contribution < 1.29 is 52.2 Å². The van der Waals surface area contributed by atoms with Crippen LogP contribution < -0.4 is 28.4 Å². The average molecular weight is 563 g/mol. The Kier molecular flexibility index (Phi) is 13.8. The maximum Gasteiger partial charge on any atom is 0.206 e. The summed E-state index contributed by atoms with van der Waals surface area (Å²) in [6.07, 6.45) is 5.27. The molecule has 2 aromatic carbocycles. The van der Waals surface area contributed by atoms with Crippen LogP contribution in [0.2, 0.25) is 0 Å². The number of carbonyl (C=O) groups is 1. The van der Waals surface area contributed by atoms with Crippen molar-refractivity contribution in [3.05, 3.63) is 47.5 Å². The molecule has 0 aliphatic rings. The summed E-state index contributed by atoms with van der Waals surface area (Å²) in [6, 6.07) is 6.88. The summed E-state index contributed by atoms with van der Waals surface area (Å²) in [5.41, 5.74) is 1.34. The highest BCUT2D eigenvalue weighted by molar-refractivity contribution is 6.04. The first kappa shape index (κ1) is 32.4. The molecular formula is C29H38O11. The number of carbonyl (C=O) groups excluding carboxylic acids is 1. The van der Waals surface area contributed by atoms with E-state index in [1.807, 2.05) is 0 Å². The van der Waals surface area contributed by atoms with Gasteiger partial charge in [0.05, 0.1) is 28.4 Å². The highest BCUT2D eigenvalue weighted by Gasteiger charge is 2.16. The van der Waals surface area contributed by atoms with Crippen LogP contribution in [0.15, 0.2) is 36.4 Å². The summed E-state index contributed by atoms with van der Waals surface area (Å²) in [5.74, 6) is 2.15. The fourth-order valence-corrected chi connectivity index (χ4v) is 3.20. The number of rotatable bonds is 18. The molecule has 220 valence electrons. The molecular weight excluding hydrogens is 524 g/mol. The number of ether oxygens (including phenoxy) is 10. The van der Waals surface area contributed by atoms with E-state index in [1.165, 1.54) is 54.8 Å². The largest absolute Gasteiger partial charge is 0.493 e. The lowest BCUT2D eigenvalue weighted by atomic mass is 10.1. The molecule has 0 spiro atoms. The van der Waals surface area contributed by atoms with Crippen molar-refractivity contribution in [3.63, 3.8) is 0 Å². The highest BCUT2D eigenvalue weighted by Crippen LogP contribution is 2.40. The van der Waals surface area contributed by atoms with E-state index in [-0.39, 0.29) is 19.4 Å². The third kappa shape index (κ3) is 9.76. The van der Waals surface area contributed by atoms with Gasteiger partial charge in [-0.05, 0) is 61.4 Å². The van der Waals surface area contributed by atoms with Crippen molar-refractivity contribution in [1.29, 1.82) is 0 Å². The van der Waals surface area contributed by atoms with E-state index in [0.717, 1.165) is 0 Å². The van der Waals surface area contributed by atoms with E-state index >= 15 is 0 Å². The Bertz CT molecular complexity index is 1010. The van der Waals surface area contributed by atoms with Crippen molar-refractivity contribution in [1.82, 2.24) is 0 Å². The number of allylic oxidation sites excluding steroid dienone is 2. The molecule has 0 bridgehead atoms. The second kappa shape index (κ2) is 17.0. The van der Waals surface area contributed by atoms with Gasteiger partial charge in [0, 0.05) is 14.2 Å². The molecule has 2 aromatic rings. The van der Waals surface area contributed by atoms with Gasteiger partial charge in [0.1, 0.15) is 0 Å². The summed E-state index contributed by atoms with van der Waals surface area (Å²) in [5, 5.41) is 0.